The van der Waals surface area contributed by atoms with Gasteiger partial charge in [0.1, 0.15) is 0 Å². The van der Waals surface area contributed by atoms with Crippen LogP contribution in [0, 0.1) is 5.92 Å². The van der Waals surface area contributed by atoms with E-state index in [1.807, 2.05) is 0 Å². The van der Waals surface area contributed by atoms with Crippen molar-refractivity contribution >= 4 is 16.0 Å². The molecular formula is C11H21NO5S. The smallest absolute Gasteiger partial charge is 0.308 e. The van der Waals surface area contributed by atoms with E-state index in [1.165, 1.54) is 14.2 Å². The van der Waals surface area contributed by atoms with Crippen molar-refractivity contribution in [3.8, 4) is 0 Å². The zero-order chi connectivity index (χ0) is 13.6. The third kappa shape index (κ3) is 4.91. The molecule has 0 amide bonds. The van der Waals surface area contributed by atoms with Crippen LogP contribution in [0.4, 0.5) is 0 Å². The van der Waals surface area contributed by atoms with Crippen molar-refractivity contribution in [3.63, 3.8) is 0 Å². The molecule has 0 bridgehead atoms. The Kier molecular flexibility index (Phi) is 6.04. The maximum atomic E-state index is 11.6. The van der Waals surface area contributed by atoms with Gasteiger partial charge in [-0.1, -0.05) is 0 Å². The Morgan fingerprint density at radius 1 is 1.22 bits per heavy atom. The van der Waals surface area contributed by atoms with Crippen molar-refractivity contribution in [1.29, 1.82) is 0 Å². The average Bonchev–Trinajstić information content (AvgIpc) is 2.36. The second-order valence-corrected chi connectivity index (χ2v) is 6.37. The van der Waals surface area contributed by atoms with Crippen LogP contribution in [0.3, 0.4) is 0 Å². The van der Waals surface area contributed by atoms with Crippen LogP contribution in [0.15, 0.2) is 0 Å². The fourth-order valence-electron chi connectivity index (χ4n) is 2.12. The highest BCUT2D eigenvalue weighted by Gasteiger charge is 2.28. The van der Waals surface area contributed by atoms with Crippen molar-refractivity contribution < 1.29 is 22.7 Å². The Labute approximate surface area is 108 Å². The first-order valence-electron chi connectivity index (χ1n) is 6.05. The zero-order valence-electron chi connectivity index (χ0n) is 10.8. The fraction of sp³-hybridized carbons (Fsp3) is 0.909. The molecule has 0 aromatic heterocycles. The molecule has 1 rings (SSSR count). The first kappa shape index (κ1) is 15.4. The average molecular weight is 279 g/mol. The summed E-state index contributed by atoms with van der Waals surface area (Å²) in [5, 5.41) is 0. The van der Waals surface area contributed by atoms with Gasteiger partial charge in [0.25, 0.3) is 0 Å². The van der Waals surface area contributed by atoms with Crippen LogP contribution in [0.5, 0.6) is 0 Å². The molecule has 0 spiro atoms. The molecule has 0 radical (unpaired) electrons. The Morgan fingerprint density at radius 2 is 1.83 bits per heavy atom. The molecule has 18 heavy (non-hydrogen) atoms. The van der Waals surface area contributed by atoms with E-state index in [0.29, 0.717) is 25.7 Å². The Bertz CT molecular complexity index is 360. The molecule has 0 unspecified atom stereocenters. The third-order valence-corrected chi connectivity index (χ3v) is 4.56. The fourth-order valence-corrected chi connectivity index (χ4v) is 3.37. The monoisotopic (exact) mass is 279 g/mol. The van der Waals surface area contributed by atoms with Gasteiger partial charge in [0.05, 0.1) is 25.4 Å². The quantitative estimate of drug-likeness (QED) is 0.706. The van der Waals surface area contributed by atoms with Crippen LogP contribution in [-0.4, -0.2) is 47.0 Å². The van der Waals surface area contributed by atoms with Gasteiger partial charge in [-0.05, 0) is 25.7 Å². The normalized spacial score (nSPS) is 24.8. The minimum Gasteiger partial charge on any atom is -0.469 e. The van der Waals surface area contributed by atoms with E-state index in [4.69, 9.17) is 4.74 Å². The van der Waals surface area contributed by atoms with E-state index in [-0.39, 0.29) is 30.3 Å². The first-order chi connectivity index (χ1) is 8.48. The lowest BCUT2D eigenvalue weighted by molar-refractivity contribution is -0.146. The Hall–Kier alpha value is -0.660. The van der Waals surface area contributed by atoms with Crippen LogP contribution >= 0.6 is 0 Å². The number of esters is 1. The maximum absolute atomic E-state index is 11.6. The third-order valence-electron chi connectivity index (χ3n) is 3.16. The highest BCUT2D eigenvalue weighted by Crippen LogP contribution is 2.25. The number of ether oxygens (including phenoxy) is 2. The molecule has 0 aromatic carbocycles. The summed E-state index contributed by atoms with van der Waals surface area (Å²) >= 11 is 0. The minimum atomic E-state index is -3.28. The van der Waals surface area contributed by atoms with Crippen molar-refractivity contribution in [2.24, 2.45) is 5.92 Å². The molecule has 0 saturated heterocycles. The van der Waals surface area contributed by atoms with Crippen molar-refractivity contribution in [2.75, 3.05) is 26.6 Å². The summed E-state index contributed by atoms with van der Waals surface area (Å²) in [6.07, 6.45) is 2.69. The minimum absolute atomic E-state index is 0.0274. The van der Waals surface area contributed by atoms with Gasteiger partial charge in [0, 0.05) is 13.2 Å². The number of methoxy groups -OCH3 is 2. The predicted molar refractivity (Wildman–Crippen MR) is 66.6 cm³/mol. The van der Waals surface area contributed by atoms with Crippen molar-refractivity contribution in [3.05, 3.63) is 0 Å². The molecule has 1 N–H and O–H groups in total. The molecule has 6 nitrogen and oxygen atoms in total. The molecule has 7 heteroatoms. The number of sulfonamides is 1. The Balaban J connectivity index is 2.37. The number of carbonyl (C=O) groups is 1. The van der Waals surface area contributed by atoms with Crippen LogP contribution < -0.4 is 4.72 Å². The van der Waals surface area contributed by atoms with E-state index in [2.05, 4.69) is 9.46 Å². The van der Waals surface area contributed by atoms with Gasteiger partial charge in [0.2, 0.25) is 10.0 Å². The SMILES string of the molecule is COCCS(=O)(=O)NC1CCC(C(=O)OC)CC1. The second kappa shape index (κ2) is 7.06. The van der Waals surface area contributed by atoms with Crippen LogP contribution in [0.2, 0.25) is 0 Å². The lowest BCUT2D eigenvalue weighted by Gasteiger charge is -2.27. The Morgan fingerprint density at radius 3 is 2.33 bits per heavy atom. The summed E-state index contributed by atoms with van der Waals surface area (Å²) in [6, 6.07) is -0.0761. The molecule has 0 heterocycles. The van der Waals surface area contributed by atoms with Gasteiger partial charge in [-0.2, -0.15) is 0 Å². The summed E-state index contributed by atoms with van der Waals surface area (Å²) in [5.41, 5.74) is 0. The number of hydrogen-bond acceptors (Lipinski definition) is 5. The largest absolute Gasteiger partial charge is 0.469 e. The van der Waals surface area contributed by atoms with E-state index < -0.39 is 10.0 Å². The molecule has 1 aliphatic carbocycles. The van der Waals surface area contributed by atoms with Crippen molar-refractivity contribution in [2.45, 2.75) is 31.7 Å². The summed E-state index contributed by atoms with van der Waals surface area (Å²) < 4.78 is 35.4. The highest BCUT2D eigenvalue weighted by molar-refractivity contribution is 7.89. The molecule has 106 valence electrons. The summed E-state index contributed by atoms with van der Waals surface area (Å²) in [4.78, 5) is 11.3. The lowest BCUT2D eigenvalue weighted by Crippen LogP contribution is -2.40. The second-order valence-electron chi connectivity index (χ2n) is 4.50. The van der Waals surface area contributed by atoms with Crippen LogP contribution in [0.1, 0.15) is 25.7 Å². The van der Waals surface area contributed by atoms with E-state index in [9.17, 15) is 13.2 Å². The molecule has 1 saturated carbocycles. The molecule has 1 aliphatic rings. The molecular weight excluding hydrogens is 258 g/mol. The van der Waals surface area contributed by atoms with Crippen molar-refractivity contribution in [1.82, 2.24) is 4.72 Å². The van der Waals surface area contributed by atoms with Gasteiger partial charge in [-0.3, -0.25) is 4.79 Å². The van der Waals surface area contributed by atoms with Crippen LogP contribution in [-0.2, 0) is 24.3 Å². The lowest BCUT2D eigenvalue weighted by atomic mass is 9.86. The van der Waals surface area contributed by atoms with Gasteiger partial charge in [-0.15, -0.1) is 0 Å². The summed E-state index contributed by atoms with van der Waals surface area (Å²) in [6.45, 7) is 0.187. The first-order valence-corrected chi connectivity index (χ1v) is 7.70. The van der Waals surface area contributed by atoms with Gasteiger partial charge in [0.15, 0.2) is 0 Å². The molecule has 1 fully saturated rings. The number of rotatable bonds is 6. The summed E-state index contributed by atoms with van der Waals surface area (Å²) in [5.74, 6) is -0.314. The number of nitrogens with one attached hydrogen (secondary N) is 1. The van der Waals surface area contributed by atoms with Crippen LogP contribution in [0.25, 0.3) is 0 Å². The van der Waals surface area contributed by atoms with Gasteiger partial charge in [-0.25, -0.2) is 13.1 Å². The number of hydrogen-bond donors (Lipinski definition) is 1. The van der Waals surface area contributed by atoms with E-state index in [1.54, 1.807) is 0 Å². The standard InChI is InChI=1S/C11H21NO5S/c1-16-7-8-18(14,15)12-10-5-3-9(4-6-10)11(13)17-2/h9-10,12H,3-8H2,1-2H3. The molecule has 0 aromatic rings. The van der Waals surface area contributed by atoms with Gasteiger partial charge >= 0.3 is 5.97 Å². The highest BCUT2D eigenvalue weighted by atomic mass is 32.2. The molecule has 0 aliphatic heterocycles. The van der Waals surface area contributed by atoms with E-state index >= 15 is 0 Å². The molecule has 0 atom stereocenters. The van der Waals surface area contributed by atoms with E-state index in [0.717, 1.165) is 0 Å². The maximum Gasteiger partial charge on any atom is 0.308 e. The summed E-state index contributed by atoms with van der Waals surface area (Å²) in [7, 11) is -0.432. The zero-order valence-corrected chi connectivity index (χ0v) is 11.7. The topological polar surface area (TPSA) is 81.7 Å². The number of carbonyl (C=O) groups excluding carboxylic acids is 1. The van der Waals surface area contributed by atoms with Gasteiger partial charge < -0.3 is 9.47 Å². The predicted octanol–water partition coefficient (Wildman–Crippen LogP) is 0.284.